The van der Waals surface area contributed by atoms with E-state index in [1.807, 2.05) is 37.3 Å². The third-order valence-corrected chi connectivity index (χ3v) is 3.88. The summed E-state index contributed by atoms with van der Waals surface area (Å²) in [5, 5.41) is 9.87. The van der Waals surface area contributed by atoms with Crippen LogP contribution in [0.5, 0.6) is 0 Å². The van der Waals surface area contributed by atoms with Crippen LogP contribution in [0.1, 0.15) is 37.8 Å². The molecule has 4 nitrogen and oxygen atoms in total. The van der Waals surface area contributed by atoms with Crippen LogP contribution in [-0.4, -0.2) is 34.6 Å². The fourth-order valence-electron chi connectivity index (χ4n) is 2.37. The number of rotatable bonds is 5. The number of hydrogen-bond acceptors (Lipinski definition) is 3. The van der Waals surface area contributed by atoms with Crippen molar-refractivity contribution in [3.05, 3.63) is 35.9 Å². The molecule has 0 spiro atoms. The summed E-state index contributed by atoms with van der Waals surface area (Å²) in [5.74, 6) is 0.0875. The minimum Gasteiger partial charge on any atom is -0.386 e. The SMILES string of the molecule is CCC1(O)CN(C(=O)CCC(N)c2ccccc2)C1. The molecular weight excluding hydrogens is 240 g/mol. The van der Waals surface area contributed by atoms with Crippen molar-refractivity contribution in [1.82, 2.24) is 4.90 Å². The number of hydrogen-bond donors (Lipinski definition) is 2. The summed E-state index contributed by atoms with van der Waals surface area (Å²) >= 11 is 0. The minimum atomic E-state index is -0.656. The first-order valence-corrected chi connectivity index (χ1v) is 6.85. The molecule has 0 aromatic heterocycles. The van der Waals surface area contributed by atoms with E-state index in [0.717, 1.165) is 5.56 Å². The molecule has 1 atom stereocenters. The van der Waals surface area contributed by atoms with Gasteiger partial charge >= 0.3 is 0 Å². The van der Waals surface area contributed by atoms with Crippen LogP contribution >= 0.6 is 0 Å². The van der Waals surface area contributed by atoms with E-state index in [2.05, 4.69) is 0 Å². The highest BCUT2D eigenvalue weighted by Gasteiger charge is 2.41. The third-order valence-electron chi connectivity index (χ3n) is 3.88. The first-order chi connectivity index (χ1) is 9.04. The number of nitrogens with zero attached hydrogens (tertiary/aromatic N) is 1. The molecule has 1 aromatic carbocycles. The van der Waals surface area contributed by atoms with Crippen molar-refractivity contribution in [1.29, 1.82) is 0 Å². The zero-order valence-corrected chi connectivity index (χ0v) is 11.4. The van der Waals surface area contributed by atoms with Gasteiger partial charge in [0.2, 0.25) is 5.91 Å². The Labute approximate surface area is 114 Å². The lowest BCUT2D eigenvalue weighted by atomic mass is 9.90. The summed E-state index contributed by atoms with van der Waals surface area (Å²) in [6.07, 6.45) is 1.78. The highest BCUT2D eigenvalue weighted by molar-refractivity contribution is 5.77. The highest BCUT2D eigenvalue weighted by Crippen LogP contribution is 2.25. The summed E-state index contributed by atoms with van der Waals surface area (Å²) < 4.78 is 0. The summed E-state index contributed by atoms with van der Waals surface area (Å²) in [5.41, 5.74) is 6.47. The molecule has 1 unspecified atom stereocenters. The van der Waals surface area contributed by atoms with Crippen molar-refractivity contribution in [2.45, 2.75) is 37.8 Å². The van der Waals surface area contributed by atoms with Crippen LogP contribution in [0.3, 0.4) is 0 Å². The van der Waals surface area contributed by atoms with Crippen molar-refractivity contribution in [3.8, 4) is 0 Å². The van der Waals surface area contributed by atoms with E-state index in [4.69, 9.17) is 5.73 Å². The van der Waals surface area contributed by atoms with Crippen molar-refractivity contribution >= 4 is 5.91 Å². The second-order valence-electron chi connectivity index (χ2n) is 5.38. The van der Waals surface area contributed by atoms with E-state index in [1.54, 1.807) is 4.90 Å². The number of nitrogens with two attached hydrogens (primary N) is 1. The average molecular weight is 262 g/mol. The third kappa shape index (κ3) is 3.33. The molecule has 19 heavy (non-hydrogen) atoms. The molecule has 1 aliphatic heterocycles. The molecule has 1 aromatic rings. The normalized spacial score (nSPS) is 18.8. The number of likely N-dealkylation sites (tertiary alicyclic amines) is 1. The highest BCUT2D eigenvalue weighted by atomic mass is 16.3. The van der Waals surface area contributed by atoms with Crippen LogP contribution in [0, 0.1) is 0 Å². The van der Waals surface area contributed by atoms with Gasteiger partial charge in [-0.05, 0) is 18.4 Å². The molecule has 2 rings (SSSR count). The van der Waals surface area contributed by atoms with Gasteiger partial charge in [-0.3, -0.25) is 4.79 Å². The summed E-state index contributed by atoms with van der Waals surface area (Å²) in [7, 11) is 0. The first-order valence-electron chi connectivity index (χ1n) is 6.85. The summed E-state index contributed by atoms with van der Waals surface area (Å²) in [6.45, 7) is 2.86. The van der Waals surface area contributed by atoms with Crippen molar-refractivity contribution < 1.29 is 9.90 Å². The van der Waals surface area contributed by atoms with Gasteiger partial charge in [-0.15, -0.1) is 0 Å². The van der Waals surface area contributed by atoms with Crippen molar-refractivity contribution in [2.75, 3.05) is 13.1 Å². The molecule has 0 bridgehead atoms. The minimum absolute atomic E-state index is 0.0875. The lowest BCUT2D eigenvalue weighted by molar-refractivity contribution is -0.155. The van der Waals surface area contributed by atoms with E-state index >= 15 is 0 Å². The lowest BCUT2D eigenvalue weighted by Crippen LogP contribution is -2.63. The van der Waals surface area contributed by atoms with Crippen LogP contribution in [-0.2, 0) is 4.79 Å². The number of β-amino-alcohol motifs (C(OH)–C–C–N with tert-alkyl or cyclic N) is 1. The molecule has 1 fully saturated rings. The topological polar surface area (TPSA) is 66.6 Å². The average Bonchev–Trinajstić information content (AvgIpc) is 2.41. The lowest BCUT2D eigenvalue weighted by Gasteiger charge is -2.46. The Morgan fingerprint density at radius 2 is 2.05 bits per heavy atom. The fourth-order valence-corrected chi connectivity index (χ4v) is 2.37. The molecule has 0 radical (unpaired) electrons. The predicted molar refractivity (Wildman–Crippen MR) is 74.4 cm³/mol. The Bertz CT molecular complexity index is 427. The van der Waals surface area contributed by atoms with Gasteiger partial charge in [-0.1, -0.05) is 37.3 Å². The van der Waals surface area contributed by atoms with Crippen molar-refractivity contribution in [3.63, 3.8) is 0 Å². The number of aliphatic hydroxyl groups is 1. The molecular formula is C15H22N2O2. The first kappa shape index (κ1) is 14.0. The van der Waals surface area contributed by atoms with Gasteiger partial charge in [0.25, 0.3) is 0 Å². The molecule has 4 heteroatoms. The van der Waals surface area contributed by atoms with Gasteiger partial charge in [-0.2, -0.15) is 0 Å². The molecule has 104 valence electrons. The Balaban J connectivity index is 1.76. The van der Waals surface area contributed by atoms with E-state index in [1.165, 1.54) is 0 Å². The van der Waals surface area contributed by atoms with Gasteiger partial charge in [0.15, 0.2) is 0 Å². The predicted octanol–water partition coefficient (Wildman–Crippen LogP) is 1.45. The standard InChI is InChI=1S/C15H22N2O2/c1-2-15(19)10-17(11-15)14(18)9-8-13(16)12-6-4-3-5-7-12/h3-7,13,19H,2,8-11,16H2,1H3. The van der Waals surface area contributed by atoms with Crippen LogP contribution in [0.4, 0.5) is 0 Å². The zero-order chi connectivity index (χ0) is 13.9. The quantitative estimate of drug-likeness (QED) is 0.844. The monoisotopic (exact) mass is 262 g/mol. The van der Waals surface area contributed by atoms with Crippen LogP contribution < -0.4 is 5.73 Å². The van der Waals surface area contributed by atoms with E-state index in [0.29, 0.717) is 32.4 Å². The molecule has 1 aliphatic rings. The molecule has 0 saturated carbocycles. The van der Waals surface area contributed by atoms with Gasteiger partial charge in [-0.25, -0.2) is 0 Å². The summed E-state index contributed by atoms with van der Waals surface area (Å²) in [4.78, 5) is 13.6. The zero-order valence-electron chi connectivity index (χ0n) is 11.4. The second kappa shape index (κ2) is 5.72. The molecule has 1 saturated heterocycles. The van der Waals surface area contributed by atoms with Gasteiger partial charge in [0.05, 0.1) is 18.7 Å². The van der Waals surface area contributed by atoms with Crippen LogP contribution in [0.15, 0.2) is 30.3 Å². The van der Waals surface area contributed by atoms with E-state index < -0.39 is 5.60 Å². The molecule has 1 amide bonds. The summed E-state index contributed by atoms with van der Waals surface area (Å²) in [6, 6.07) is 9.72. The largest absolute Gasteiger partial charge is 0.386 e. The molecule has 3 N–H and O–H groups in total. The number of carbonyl (C=O) groups is 1. The number of amides is 1. The Hall–Kier alpha value is -1.39. The molecule has 0 aliphatic carbocycles. The van der Waals surface area contributed by atoms with Gasteiger partial charge < -0.3 is 15.7 Å². The maximum absolute atomic E-state index is 11.9. The number of benzene rings is 1. The maximum Gasteiger partial charge on any atom is 0.222 e. The number of carbonyl (C=O) groups excluding carboxylic acids is 1. The van der Waals surface area contributed by atoms with Crippen LogP contribution in [0.2, 0.25) is 0 Å². The van der Waals surface area contributed by atoms with Crippen LogP contribution in [0.25, 0.3) is 0 Å². The Morgan fingerprint density at radius 3 is 2.63 bits per heavy atom. The smallest absolute Gasteiger partial charge is 0.222 e. The van der Waals surface area contributed by atoms with Gasteiger partial charge in [0, 0.05) is 12.5 Å². The van der Waals surface area contributed by atoms with E-state index in [-0.39, 0.29) is 11.9 Å². The maximum atomic E-state index is 11.9. The Kier molecular flexibility index (Phi) is 4.22. The Morgan fingerprint density at radius 1 is 1.42 bits per heavy atom. The molecule has 1 heterocycles. The van der Waals surface area contributed by atoms with E-state index in [9.17, 15) is 9.90 Å². The fraction of sp³-hybridized carbons (Fsp3) is 0.533. The second-order valence-corrected chi connectivity index (χ2v) is 5.38. The van der Waals surface area contributed by atoms with Crippen molar-refractivity contribution in [2.24, 2.45) is 5.73 Å². The van der Waals surface area contributed by atoms with Gasteiger partial charge in [0.1, 0.15) is 0 Å².